The first-order valence-corrected chi connectivity index (χ1v) is 6.57. The molecule has 19 heavy (non-hydrogen) atoms. The molecule has 1 rings (SSSR count). The molecule has 0 amide bonds. The lowest BCUT2D eigenvalue weighted by molar-refractivity contribution is 0.178. The second kappa shape index (κ2) is 7.91. The largest absolute Gasteiger partial charge is 0.377 e. The van der Waals surface area contributed by atoms with E-state index in [0.717, 1.165) is 24.7 Å². The van der Waals surface area contributed by atoms with Crippen LogP contribution in [-0.2, 0) is 11.3 Å². The molecule has 1 atom stereocenters. The monoisotopic (exact) mass is 267 g/mol. The van der Waals surface area contributed by atoms with E-state index < -0.39 is 0 Å². The van der Waals surface area contributed by atoms with Crippen LogP contribution in [0.3, 0.4) is 0 Å². The SMILES string of the molecule is CCNc1cc(NCC(C)N(C)C)nc(COC)n1. The molecule has 0 spiro atoms. The summed E-state index contributed by atoms with van der Waals surface area (Å²) in [5, 5.41) is 6.54. The van der Waals surface area contributed by atoms with Crippen LogP contribution in [0.15, 0.2) is 6.07 Å². The minimum absolute atomic E-state index is 0.414. The van der Waals surface area contributed by atoms with Gasteiger partial charge in [0.1, 0.15) is 18.2 Å². The number of likely N-dealkylation sites (N-methyl/N-ethyl adjacent to an activating group) is 1. The zero-order chi connectivity index (χ0) is 14.3. The van der Waals surface area contributed by atoms with E-state index in [9.17, 15) is 0 Å². The summed E-state index contributed by atoms with van der Waals surface area (Å²) < 4.78 is 5.09. The van der Waals surface area contributed by atoms with Gasteiger partial charge in [0.2, 0.25) is 0 Å². The number of anilines is 2. The van der Waals surface area contributed by atoms with Crippen LogP contribution in [-0.4, -0.2) is 55.2 Å². The summed E-state index contributed by atoms with van der Waals surface area (Å²) >= 11 is 0. The molecule has 0 saturated heterocycles. The van der Waals surface area contributed by atoms with Crippen molar-refractivity contribution >= 4 is 11.6 Å². The molecule has 108 valence electrons. The van der Waals surface area contributed by atoms with Crippen molar-refractivity contribution in [2.45, 2.75) is 26.5 Å². The van der Waals surface area contributed by atoms with Gasteiger partial charge in [-0.2, -0.15) is 0 Å². The van der Waals surface area contributed by atoms with E-state index in [4.69, 9.17) is 4.74 Å². The molecule has 0 aliphatic rings. The molecule has 0 aliphatic heterocycles. The summed E-state index contributed by atoms with van der Waals surface area (Å²) in [6.07, 6.45) is 0. The number of aromatic nitrogens is 2. The predicted molar refractivity (Wildman–Crippen MR) is 78.5 cm³/mol. The van der Waals surface area contributed by atoms with Gasteiger partial charge in [-0.05, 0) is 27.9 Å². The average molecular weight is 267 g/mol. The quantitative estimate of drug-likeness (QED) is 0.743. The van der Waals surface area contributed by atoms with Crippen LogP contribution in [0.25, 0.3) is 0 Å². The van der Waals surface area contributed by atoms with E-state index in [1.54, 1.807) is 7.11 Å². The van der Waals surface area contributed by atoms with Crippen molar-refractivity contribution in [3.05, 3.63) is 11.9 Å². The minimum atomic E-state index is 0.414. The van der Waals surface area contributed by atoms with Crippen molar-refractivity contribution in [2.24, 2.45) is 0 Å². The van der Waals surface area contributed by atoms with Gasteiger partial charge in [-0.25, -0.2) is 9.97 Å². The van der Waals surface area contributed by atoms with Crippen molar-refractivity contribution < 1.29 is 4.74 Å². The molecule has 1 aromatic heterocycles. The number of rotatable bonds is 8. The van der Waals surface area contributed by atoms with Crippen LogP contribution in [0.2, 0.25) is 0 Å². The van der Waals surface area contributed by atoms with Crippen LogP contribution in [0, 0.1) is 0 Å². The molecular weight excluding hydrogens is 242 g/mol. The van der Waals surface area contributed by atoms with Gasteiger partial charge >= 0.3 is 0 Å². The van der Waals surface area contributed by atoms with E-state index in [0.29, 0.717) is 18.5 Å². The highest BCUT2D eigenvalue weighted by Crippen LogP contribution is 2.12. The van der Waals surface area contributed by atoms with Crippen molar-refractivity contribution in [1.29, 1.82) is 0 Å². The first-order valence-electron chi connectivity index (χ1n) is 6.57. The van der Waals surface area contributed by atoms with Crippen LogP contribution in [0.4, 0.5) is 11.6 Å². The van der Waals surface area contributed by atoms with Crippen LogP contribution in [0.1, 0.15) is 19.7 Å². The lowest BCUT2D eigenvalue weighted by atomic mass is 10.3. The number of nitrogens with one attached hydrogen (secondary N) is 2. The summed E-state index contributed by atoms with van der Waals surface area (Å²) in [7, 11) is 5.77. The third kappa shape index (κ3) is 5.40. The van der Waals surface area contributed by atoms with Crippen LogP contribution < -0.4 is 10.6 Å². The van der Waals surface area contributed by atoms with Crippen molar-refractivity contribution in [3.8, 4) is 0 Å². The summed E-state index contributed by atoms with van der Waals surface area (Å²) in [6, 6.07) is 2.36. The normalized spacial score (nSPS) is 12.5. The fourth-order valence-electron chi connectivity index (χ4n) is 1.49. The molecular formula is C13H25N5O. The Morgan fingerprint density at radius 1 is 1.26 bits per heavy atom. The van der Waals surface area contributed by atoms with E-state index in [2.05, 4.69) is 46.5 Å². The third-order valence-electron chi connectivity index (χ3n) is 2.86. The van der Waals surface area contributed by atoms with Gasteiger partial charge in [0.05, 0.1) is 0 Å². The Morgan fingerprint density at radius 3 is 2.42 bits per heavy atom. The van der Waals surface area contributed by atoms with Gasteiger partial charge in [-0.3, -0.25) is 0 Å². The first-order chi connectivity index (χ1) is 9.06. The third-order valence-corrected chi connectivity index (χ3v) is 2.86. The van der Waals surface area contributed by atoms with Gasteiger partial charge in [0.25, 0.3) is 0 Å². The fourth-order valence-corrected chi connectivity index (χ4v) is 1.49. The number of ether oxygens (including phenoxy) is 1. The summed E-state index contributed by atoms with van der Waals surface area (Å²) in [6.45, 7) is 6.28. The summed E-state index contributed by atoms with van der Waals surface area (Å²) in [5.74, 6) is 2.33. The van der Waals surface area contributed by atoms with E-state index in [-0.39, 0.29) is 0 Å². The highest BCUT2D eigenvalue weighted by atomic mass is 16.5. The first kappa shape index (κ1) is 15.7. The van der Waals surface area contributed by atoms with E-state index >= 15 is 0 Å². The Hall–Kier alpha value is -1.40. The lowest BCUT2D eigenvalue weighted by Gasteiger charge is -2.20. The standard InChI is InChI=1S/C13H25N5O/c1-6-14-11-7-12(15-8-10(2)18(3)4)17-13(16-11)9-19-5/h7,10H,6,8-9H2,1-5H3,(H2,14,15,16,17). The second-order valence-electron chi connectivity index (χ2n) is 4.71. The average Bonchev–Trinajstić information content (AvgIpc) is 2.36. The second-order valence-corrected chi connectivity index (χ2v) is 4.71. The maximum absolute atomic E-state index is 5.09. The highest BCUT2D eigenvalue weighted by Gasteiger charge is 2.07. The summed E-state index contributed by atoms with van der Waals surface area (Å²) in [5.41, 5.74) is 0. The van der Waals surface area contributed by atoms with Gasteiger partial charge in [-0.15, -0.1) is 0 Å². The smallest absolute Gasteiger partial charge is 0.158 e. The molecule has 1 unspecified atom stereocenters. The van der Waals surface area contributed by atoms with Gasteiger partial charge in [0.15, 0.2) is 5.82 Å². The molecule has 0 bridgehead atoms. The van der Waals surface area contributed by atoms with E-state index in [1.807, 2.05) is 13.0 Å². The minimum Gasteiger partial charge on any atom is -0.377 e. The topological polar surface area (TPSA) is 62.3 Å². The van der Waals surface area contributed by atoms with Crippen LogP contribution >= 0.6 is 0 Å². The molecule has 2 N–H and O–H groups in total. The maximum Gasteiger partial charge on any atom is 0.158 e. The van der Waals surface area contributed by atoms with Gasteiger partial charge < -0.3 is 20.3 Å². The molecule has 0 aliphatic carbocycles. The Morgan fingerprint density at radius 2 is 1.89 bits per heavy atom. The molecule has 6 heteroatoms. The number of methoxy groups -OCH3 is 1. The zero-order valence-electron chi connectivity index (χ0n) is 12.5. The molecule has 0 saturated carbocycles. The lowest BCUT2D eigenvalue weighted by Crippen LogP contribution is -2.31. The van der Waals surface area contributed by atoms with E-state index in [1.165, 1.54) is 0 Å². The van der Waals surface area contributed by atoms with Crippen molar-refractivity contribution in [2.75, 3.05) is 44.9 Å². The fraction of sp³-hybridized carbons (Fsp3) is 0.692. The molecule has 1 heterocycles. The van der Waals surface area contributed by atoms with Crippen molar-refractivity contribution in [1.82, 2.24) is 14.9 Å². The summed E-state index contributed by atoms with van der Waals surface area (Å²) in [4.78, 5) is 11.0. The number of hydrogen-bond donors (Lipinski definition) is 2. The zero-order valence-corrected chi connectivity index (χ0v) is 12.5. The number of hydrogen-bond acceptors (Lipinski definition) is 6. The molecule has 6 nitrogen and oxygen atoms in total. The van der Waals surface area contributed by atoms with Crippen LogP contribution in [0.5, 0.6) is 0 Å². The van der Waals surface area contributed by atoms with Crippen molar-refractivity contribution in [3.63, 3.8) is 0 Å². The molecule has 0 radical (unpaired) electrons. The maximum atomic E-state index is 5.09. The Labute approximate surface area is 115 Å². The number of nitrogens with zero attached hydrogens (tertiary/aromatic N) is 3. The highest BCUT2D eigenvalue weighted by molar-refractivity contribution is 5.47. The molecule has 0 fully saturated rings. The molecule has 0 aromatic carbocycles. The molecule has 1 aromatic rings. The van der Waals surface area contributed by atoms with Gasteiger partial charge in [-0.1, -0.05) is 0 Å². The Kier molecular flexibility index (Phi) is 6.52. The Bertz CT molecular complexity index is 359. The van der Waals surface area contributed by atoms with Gasteiger partial charge in [0, 0.05) is 32.3 Å². The Balaban J connectivity index is 2.74. The predicted octanol–water partition coefficient (Wildman–Crippen LogP) is 1.42.